The van der Waals surface area contributed by atoms with E-state index in [1.54, 1.807) is 11.8 Å². The maximum atomic E-state index is 6.21. The van der Waals surface area contributed by atoms with Gasteiger partial charge < -0.3 is 4.90 Å². The number of halogens is 2. The first-order valence-corrected chi connectivity index (χ1v) is 12.1. The zero-order valence-electron chi connectivity index (χ0n) is 17.5. The number of benzene rings is 2. The van der Waals surface area contributed by atoms with Crippen LogP contribution in [0.5, 0.6) is 0 Å². The zero-order chi connectivity index (χ0) is 21.5. The second-order valence-corrected chi connectivity index (χ2v) is 9.70. The molecule has 2 aromatic rings. The van der Waals surface area contributed by atoms with E-state index in [2.05, 4.69) is 59.4 Å². The number of likely N-dealkylation sites (N-methyl/N-ethyl adjacent to an activating group) is 1. The van der Waals surface area contributed by atoms with Gasteiger partial charge in [0.1, 0.15) is 0 Å². The molecule has 1 atom stereocenters. The van der Waals surface area contributed by atoms with E-state index in [1.165, 1.54) is 22.4 Å². The molecule has 0 N–H and O–H groups in total. The number of allylic oxidation sites excluding steroid dienone is 1. The van der Waals surface area contributed by atoms with Crippen molar-refractivity contribution in [2.75, 3.05) is 19.6 Å². The minimum Gasteiger partial charge on any atom is -0.313 e. The molecule has 6 heteroatoms. The topological polar surface area (TPSA) is 18.8 Å². The second-order valence-electron chi connectivity index (χ2n) is 7.99. The molecule has 0 fully saturated rings. The largest absolute Gasteiger partial charge is 0.313 e. The molecule has 3 aliphatic rings. The highest BCUT2D eigenvalue weighted by Crippen LogP contribution is 2.46. The van der Waals surface area contributed by atoms with Gasteiger partial charge in [-0.25, -0.2) is 4.99 Å². The normalized spacial score (nSPS) is 22.4. The third-order valence-corrected chi connectivity index (χ3v) is 7.42. The Hall–Kier alpha value is -1.98. The Morgan fingerprint density at radius 3 is 2.39 bits per heavy atom. The van der Waals surface area contributed by atoms with Gasteiger partial charge >= 0.3 is 0 Å². The van der Waals surface area contributed by atoms with Crippen LogP contribution in [0, 0.1) is 0 Å². The van der Waals surface area contributed by atoms with Crippen LogP contribution in [0.2, 0.25) is 10.0 Å². The molecule has 31 heavy (non-hydrogen) atoms. The third-order valence-electron chi connectivity index (χ3n) is 5.96. The average Bonchev–Trinajstić information content (AvgIpc) is 3.15. The maximum Gasteiger partial charge on any atom is 0.173 e. The van der Waals surface area contributed by atoms with Crippen LogP contribution < -0.4 is 0 Å². The average molecular weight is 468 g/mol. The van der Waals surface area contributed by atoms with Gasteiger partial charge in [0.2, 0.25) is 0 Å². The highest BCUT2D eigenvalue weighted by molar-refractivity contribution is 8.16. The summed E-state index contributed by atoms with van der Waals surface area (Å²) in [7, 11) is 0. The number of thioether (sulfide) groups is 1. The first-order chi connectivity index (χ1) is 15.0. The smallest absolute Gasteiger partial charge is 0.173 e. The Kier molecular flexibility index (Phi) is 5.74. The van der Waals surface area contributed by atoms with Crippen LogP contribution in [0.3, 0.4) is 0 Å². The Morgan fingerprint density at radius 1 is 1.03 bits per heavy atom. The Bertz CT molecular complexity index is 1130. The number of aliphatic imine (C=N–C) groups is 1. The van der Waals surface area contributed by atoms with Crippen molar-refractivity contribution in [2.45, 2.75) is 19.9 Å². The predicted molar refractivity (Wildman–Crippen MR) is 133 cm³/mol. The fourth-order valence-corrected chi connectivity index (χ4v) is 5.54. The molecule has 0 saturated heterocycles. The quantitative estimate of drug-likeness (QED) is 0.484. The molecule has 3 nitrogen and oxygen atoms in total. The van der Waals surface area contributed by atoms with Crippen LogP contribution in [-0.4, -0.2) is 34.6 Å². The van der Waals surface area contributed by atoms with Crippen LogP contribution in [0.25, 0.3) is 6.08 Å². The summed E-state index contributed by atoms with van der Waals surface area (Å²) in [6.45, 7) is 7.16. The van der Waals surface area contributed by atoms with E-state index >= 15 is 0 Å². The summed E-state index contributed by atoms with van der Waals surface area (Å²) in [4.78, 5) is 10.0. The van der Waals surface area contributed by atoms with Gasteiger partial charge in [0, 0.05) is 28.8 Å². The van der Waals surface area contributed by atoms with Gasteiger partial charge in [-0.1, -0.05) is 66.2 Å². The number of fused-ring (bicyclic) bond motifs is 1. The van der Waals surface area contributed by atoms with Crippen LogP contribution >= 0.6 is 35.0 Å². The third kappa shape index (κ3) is 3.98. The van der Waals surface area contributed by atoms with Gasteiger partial charge in [-0.3, -0.25) is 4.90 Å². The summed E-state index contributed by atoms with van der Waals surface area (Å²) in [5.74, 6) is 0. The molecule has 0 amide bonds. The van der Waals surface area contributed by atoms with E-state index in [9.17, 15) is 0 Å². The molecule has 3 aliphatic heterocycles. The summed E-state index contributed by atoms with van der Waals surface area (Å²) in [6, 6.07) is 16.4. The summed E-state index contributed by atoms with van der Waals surface area (Å²) >= 11 is 14.0. The molecule has 0 aliphatic carbocycles. The Labute approximate surface area is 197 Å². The van der Waals surface area contributed by atoms with Crippen LogP contribution in [0.4, 0.5) is 0 Å². The molecule has 2 aromatic carbocycles. The SMILES string of the molecule is CCN1CC2=C(N=C3SC=C(C)N3C2c2ccc(Cl)cc2)/C(=C/c2ccc(Cl)cc2)C1. The molecule has 0 saturated carbocycles. The minimum absolute atomic E-state index is 0.119. The molecule has 3 heterocycles. The van der Waals surface area contributed by atoms with Gasteiger partial charge in [0.15, 0.2) is 5.17 Å². The van der Waals surface area contributed by atoms with Crippen molar-refractivity contribution in [3.8, 4) is 0 Å². The summed E-state index contributed by atoms with van der Waals surface area (Å²) in [5.41, 5.74) is 7.33. The number of hydrogen-bond donors (Lipinski definition) is 0. The number of hydrogen-bond acceptors (Lipinski definition) is 4. The summed E-state index contributed by atoms with van der Waals surface area (Å²) < 4.78 is 0. The van der Waals surface area contributed by atoms with Crippen molar-refractivity contribution < 1.29 is 0 Å². The number of nitrogens with zero attached hydrogens (tertiary/aromatic N) is 3. The zero-order valence-corrected chi connectivity index (χ0v) is 19.8. The van der Waals surface area contributed by atoms with Crippen LogP contribution in [-0.2, 0) is 0 Å². The lowest BCUT2D eigenvalue weighted by atomic mass is 9.88. The Balaban J connectivity index is 1.67. The predicted octanol–water partition coefficient (Wildman–Crippen LogP) is 6.99. The standard InChI is InChI=1S/C25H23Cl2N3S/c1-3-29-13-19(12-17-4-8-20(26)9-5-17)23-22(14-29)24(18-6-10-21(27)11-7-18)30-16(2)15-31-25(30)28-23/h4-12,15,24H,3,13-14H2,1-2H3/b19-12+. The number of rotatable bonds is 3. The van der Waals surface area contributed by atoms with E-state index < -0.39 is 0 Å². The molecular weight excluding hydrogens is 445 g/mol. The molecule has 0 spiro atoms. The molecule has 158 valence electrons. The van der Waals surface area contributed by atoms with Gasteiger partial charge in [-0.2, -0.15) is 0 Å². The minimum atomic E-state index is 0.119. The summed E-state index contributed by atoms with van der Waals surface area (Å²) in [6.07, 6.45) is 2.26. The van der Waals surface area contributed by atoms with Crippen LogP contribution in [0.15, 0.2) is 81.5 Å². The molecular formula is C25H23Cl2N3S. The van der Waals surface area contributed by atoms with Gasteiger partial charge in [0.25, 0.3) is 0 Å². The monoisotopic (exact) mass is 467 g/mol. The van der Waals surface area contributed by atoms with E-state index in [0.29, 0.717) is 0 Å². The molecule has 0 aromatic heterocycles. The lowest BCUT2D eigenvalue weighted by Gasteiger charge is -2.42. The van der Waals surface area contributed by atoms with Gasteiger partial charge in [-0.05, 0) is 71.5 Å². The number of amidine groups is 1. The molecule has 0 radical (unpaired) electrons. The van der Waals surface area contributed by atoms with Crippen molar-refractivity contribution in [1.29, 1.82) is 0 Å². The van der Waals surface area contributed by atoms with E-state index in [-0.39, 0.29) is 6.04 Å². The van der Waals surface area contributed by atoms with Crippen molar-refractivity contribution in [1.82, 2.24) is 9.80 Å². The van der Waals surface area contributed by atoms with Crippen molar-refractivity contribution >= 4 is 46.2 Å². The van der Waals surface area contributed by atoms with Crippen molar-refractivity contribution in [3.05, 3.63) is 97.7 Å². The van der Waals surface area contributed by atoms with E-state index in [1.807, 2.05) is 24.3 Å². The summed E-state index contributed by atoms with van der Waals surface area (Å²) in [5, 5.41) is 4.75. The molecule has 1 unspecified atom stereocenters. The van der Waals surface area contributed by atoms with Crippen LogP contribution in [0.1, 0.15) is 31.0 Å². The molecule has 0 bridgehead atoms. The fraction of sp³-hybridized carbons (Fsp3) is 0.240. The fourth-order valence-electron chi connectivity index (χ4n) is 4.39. The van der Waals surface area contributed by atoms with Gasteiger partial charge in [0.05, 0.1) is 11.7 Å². The highest BCUT2D eigenvalue weighted by Gasteiger charge is 2.39. The first kappa shape index (κ1) is 20.9. The lowest BCUT2D eigenvalue weighted by Crippen LogP contribution is -2.42. The lowest BCUT2D eigenvalue weighted by molar-refractivity contribution is 0.298. The maximum absolute atomic E-state index is 6.21. The Morgan fingerprint density at radius 2 is 1.71 bits per heavy atom. The highest BCUT2D eigenvalue weighted by atomic mass is 35.5. The first-order valence-electron chi connectivity index (χ1n) is 10.4. The second kappa shape index (κ2) is 8.51. The molecule has 5 rings (SSSR count). The van der Waals surface area contributed by atoms with Crippen molar-refractivity contribution in [2.24, 2.45) is 4.99 Å². The van der Waals surface area contributed by atoms with E-state index in [0.717, 1.165) is 46.1 Å². The van der Waals surface area contributed by atoms with Gasteiger partial charge in [-0.15, -0.1) is 0 Å². The van der Waals surface area contributed by atoms with Crippen molar-refractivity contribution in [3.63, 3.8) is 0 Å². The van der Waals surface area contributed by atoms with E-state index in [4.69, 9.17) is 28.2 Å².